The zero-order valence-electron chi connectivity index (χ0n) is 14.3. The summed E-state index contributed by atoms with van der Waals surface area (Å²) >= 11 is 6.92. The predicted octanol–water partition coefficient (Wildman–Crippen LogP) is 3.86. The van der Waals surface area contributed by atoms with Crippen molar-refractivity contribution in [3.05, 3.63) is 65.1 Å². The Balaban J connectivity index is 2.36. The number of pyridine rings is 1. The third-order valence-electron chi connectivity index (χ3n) is 3.70. The molecule has 1 atom stereocenters. The van der Waals surface area contributed by atoms with Gasteiger partial charge in [0.15, 0.2) is 17.4 Å². The Hall–Kier alpha value is -1.85. The largest absolute Gasteiger partial charge is 0.370 e. The van der Waals surface area contributed by atoms with Gasteiger partial charge in [-0.05, 0) is 22.4 Å². The monoisotopic (exact) mass is 359 g/mol. The highest BCUT2D eigenvalue weighted by Crippen LogP contribution is 2.21. The molecule has 2 heterocycles. The molecule has 0 spiro atoms. The second-order valence-electron chi connectivity index (χ2n) is 6.56. The molecule has 0 radical (unpaired) electrons. The fraction of sp³-hybridized carbons (Fsp3) is 0.316. The molecule has 5 heteroatoms. The molecule has 24 heavy (non-hydrogen) atoms. The quantitative estimate of drug-likeness (QED) is 0.368. The Kier molecular flexibility index (Phi) is 6.02. The molecule has 0 aliphatic carbocycles. The Morgan fingerprint density at radius 3 is 2.54 bits per heavy atom. The second-order valence-corrected chi connectivity index (χ2v) is 7.95. The molecular formula is C19H23N2OS2+. The number of nitrogens with zero attached hydrogens (tertiary/aromatic N) is 1. The van der Waals surface area contributed by atoms with Crippen molar-refractivity contribution in [3.63, 3.8) is 0 Å². The van der Waals surface area contributed by atoms with Gasteiger partial charge in [-0.1, -0.05) is 45.1 Å². The fourth-order valence-electron chi connectivity index (χ4n) is 2.32. The van der Waals surface area contributed by atoms with E-state index < -0.39 is 6.04 Å². The lowest BCUT2D eigenvalue weighted by Gasteiger charge is -2.19. The Morgan fingerprint density at radius 2 is 2.04 bits per heavy atom. The van der Waals surface area contributed by atoms with Crippen LogP contribution in [0, 0.1) is 0 Å². The number of thiocarbonyl (C=S) groups is 1. The molecule has 0 saturated carbocycles. The first-order valence-electron chi connectivity index (χ1n) is 7.82. The van der Waals surface area contributed by atoms with Crippen molar-refractivity contribution in [3.8, 4) is 0 Å². The van der Waals surface area contributed by atoms with Gasteiger partial charge in [0.05, 0.1) is 4.88 Å². The van der Waals surface area contributed by atoms with E-state index in [2.05, 4.69) is 32.7 Å². The first-order valence-corrected chi connectivity index (χ1v) is 9.11. The van der Waals surface area contributed by atoms with Gasteiger partial charge in [-0.2, -0.15) is 4.57 Å². The molecule has 0 aliphatic heterocycles. The summed E-state index contributed by atoms with van der Waals surface area (Å²) in [6, 6.07) is 7.26. The van der Waals surface area contributed by atoms with Gasteiger partial charge in [0.1, 0.15) is 0 Å². The molecular weight excluding hydrogens is 336 g/mol. The third kappa shape index (κ3) is 4.36. The maximum absolute atomic E-state index is 12.9. The molecule has 0 aromatic carbocycles. The fourth-order valence-corrected chi connectivity index (χ4v) is 3.32. The van der Waals surface area contributed by atoms with Gasteiger partial charge in [-0.15, -0.1) is 17.9 Å². The van der Waals surface area contributed by atoms with E-state index in [4.69, 9.17) is 12.2 Å². The maximum Gasteiger partial charge on any atom is 0.271 e. The number of thiophene rings is 1. The average molecular weight is 360 g/mol. The van der Waals surface area contributed by atoms with E-state index in [1.165, 1.54) is 16.9 Å². The first-order chi connectivity index (χ1) is 11.3. The molecule has 1 N–H and O–H groups in total. The summed E-state index contributed by atoms with van der Waals surface area (Å²) in [5.74, 6) is 0.0000657. The highest BCUT2D eigenvalue weighted by atomic mass is 32.1. The summed E-state index contributed by atoms with van der Waals surface area (Å²) in [6.45, 7) is 10.7. The van der Waals surface area contributed by atoms with Crippen LogP contribution in [-0.4, -0.2) is 17.3 Å². The third-order valence-corrected chi connectivity index (χ3v) is 4.95. The van der Waals surface area contributed by atoms with Gasteiger partial charge in [-0.3, -0.25) is 4.79 Å². The lowest BCUT2D eigenvalue weighted by Crippen LogP contribution is -2.51. The van der Waals surface area contributed by atoms with E-state index in [0.29, 0.717) is 16.4 Å². The molecule has 0 bridgehead atoms. The Labute approximate surface area is 153 Å². The number of nitrogens with one attached hydrogen (secondary N) is 1. The van der Waals surface area contributed by atoms with Gasteiger partial charge >= 0.3 is 0 Å². The molecule has 2 aromatic heterocycles. The van der Waals surface area contributed by atoms with E-state index in [-0.39, 0.29) is 11.2 Å². The molecule has 126 valence electrons. The standard InChI is InChI=1S/C19H22N2OS2/c1-5-10-20-18(23)16(17(22)15-7-6-13-24-15)21-11-8-14(9-12-21)19(2,3)4/h5-9,11-13,16H,1,10H2,2-4H3/p+1/t16-/m1/s1. The number of carbonyl (C=O) groups is 1. The van der Waals surface area contributed by atoms with Crippen LogP contribution in [-0.2, 0) is 5.41 Å². The normalized spacial score (nSPS) is 12.5. The molecule has 2 rings (SSSR count). The van der Waals surface area contributed by atoms with Gasteiger partial charge in [0, 0.05) is 18.7 Å². The maximum atomic E-state index is 12.9. The molecule has 0 aliphatic rings. The summed E-state index contributed by atoms with van der Waals surface area (Å²) in [5.41, 5.74) is 1.28. The van der Waals surface area contributed by atoms with Gasteiger partial charge in [0.25, 0.3) is 6.04 Å². The zero-order chi connectivity index (χ0) is 17.7. The average Bonchev–Trinajstić information content (AvgIpc) is 3.07. The summed E-state index contributed by atoms with van der Waals surface area (Å²) in [4.78, 5) is 14.1. The van der Waals surface area contributed by atoms with Crippen molar-refractivity contribution >= 4 is 34.3 Å². The number of aromatic nitrogens is 1. The number of hydrogen-bond acceptors (Lipinski definition) is 3. The number of Topliss-reactive ketones (excluding diaryl/α,β-unsaturated/α-hetero) is 1. The van der Waals surface area contributed by atoms with Crippen LogP contribution < -0.4 is 9.88 Å². The molecule has 0 saturated heterocycles. The molecule has 3 nitrogen and oxygen atoms in total. The van der Waals surface area contributed by atoms with E-state index in [0.717, 1.165) is 0 Å². The van der Waals surface area contributed by atoms with E-state index in [1.54, 1.807) is 6.08 Å². The minimum atomic E-state index is -0.549. The van der Waals surface area contributed by atoms with Crippen LogP contribution in [0.1, 0.15) is 42.0 Å². The van der Waals surface area contributed by atoms with Crippen LogP contribution in [0.5, 0.6) is 0 Å². The van der Waals surface area contributed by atoms with Crippen molar-refractivity contribution in [2.75, 3.05) is 6.54 Å². The van der Waals surface area contributed by atoms with Crippen LogP contribution in [0.3, 0.4) is 0 Å². The van der Waals surface area contributed by atoms with E-state index >= 15 is 0 Å². The van der Waals surface area contributed by atoms with Crippen LogP contribution in [0.15, 0.2) is 54.7 Å². The topological polar surface area (TPSA) is 33.0 Å². The van der Waals surface area contributed by atoms with E-state index in [1.807, 2.05) is 46.6 Å². The van der Waals surface area contributed by atoms with Crippen LogP contribution in [0.25, 0.3) is 0 Å². The van der Waals surface area contributed by atoms with Crippen LogP contribution >= 0.6 is 23.6 Å². The van der Waals surface area contributed by atoms with Gasteiger partial charge < -0.3 is 5.32 Å². The number of hydrogen-bond donors (Lipinski definition) is 1. The lowest BCUT2D eigenvalue weighted by atomic mass is 9.88. The van der Waals surface area contributed by atoms with Gasteiger partial charge in [-0.25, -0.2) is 0 Å². The SMILES string of the molecule is C=CCNC(=S)[C@@H](C(=O)c1cccs1)[n+]1ccc(C(C)(C)C)cc1. The highest BCUT2D eigenvalue weighted by molar-refractivity contribution is 7.80. The summed E-state index contributed by atoms with van der Waals surface area (Å²) in [5, 5.41) is 5.00. The Bertz CT molecular complexity index is 713. The second kappa shape index (κ2) is 7.81. The van der Waals surface area contributed by atoms with Crippen molar-refractivity contribution < 1.29 is 9.36 Å². The zero-order valence-corrected chi connectivity index (χ0v) is 15.9. The lowest BCUT2D eigenvalue weighted by molar-refractivity contribution is -0.692. The number of rotatable bonds is 6. The summed E-state index contributed by atoms with van der Waals surface area (Å²) in [6.07, 6.45) is 5.59. The van der Waals surface area contributed by atoms with E-state index in [9.17, 15) is 4.79 Å². The predicted molar refractivity (Wildman–Crippen MR) is 104 cm³/mol. The molecule has 0 amide bonds. The molecule has 0 fully saturated rings. The molecule has 0 unspecified atom stereocenters. The summed E-state index contributed by atoms with van der Waals surface area (Å²) in [7, 11) is 0. The summed E-state index contributed by atoms with van der Waals surface area (Å²) < 4.78 is 1.87. The highest BCUT2D eigenvalue weighted by Gasteiger charge is 2.33. The first kappa shape index (κ1) is 18.5. The molecule has 2 aromatic rings. The number of ketones is 1. The van der Waals surface area contributed by atoms with Crippen molar-refractivity contribution in [1.29, 1.82) is 0 Å². The minimum Gasteiger partial charge on any atom is -0.370 e. The van der Waals surface area contributed by atoms with Crippen LogP contribution in [0.2, 0.25) is 0 Å². The van der Waals surface area contributed by atoms with Crippen molar-refractivity contribution in [2.45, 2.75) is 32.2 Å². The Morgan fingerprint density at radius 1 is 1.38 bits per heavy atom. The van der Waals surface area contributed by atoms with Crippen LogP contribution in [0.4, 0.5) is 0 Å². The minimum absolute atomic E-state index is 0.0000657. The van der Waals surface area contributed by atoms with Crippen molar-refractivity contribution in [1.82, 2.24) is 5.32 Å². The smallest absolute Gasteiger partial charge is 0.271 e. The van der Waals surface area contributed by atoms with Gasteiger partial charge in [0.2, 0.25) is 5.78 Å². The number of carbonyl (C=O) groups excluding carboxylic acids is 1. The van der Waals surface area contributed by atoms with Crippen molar-refractivity contribution in [2.24, 2.45) is 0 Å².